The van der Waals surface area contributed by atoms with E-state index >= 15 is 0 Å². The fraction of sp³-hybridized carbons (Fsp3) is 0.514. The average molecular weight is 595 g/mol. The number of hydrogen-bond donors (Lipinski definition) is 0. The maximum absolute atomic E-state index is 14.0. The first-order valence-corrected chi connectivity index (χ1v) is 15.9. The van der Waals surface area contributed by atoms with Crippen molar-refractivity contribution in [2.45, 2.75) is 110 Å². The highest BCUT2D eigenvalue weighted by Gasteiger charge is 2.43. The molecule has 1 aromatic heterocycles. The summed E-state index contributed by atoms with van der Waals surface area (Å²) in [6.07, 6.45) is 17.6. The molecule has 0 saturated heterocycles. The number of unbranched alkanes of at least 4 members (excludes halogenated alkanes) is 10. The Kier molecular flexibility index (Phi) is 14.1. The summed E-state index contributed by atoms with van der Waals surface area (Å²) in [5.41, 5.74) is 1.07. The maximum Gasteiger partial charge on any atom is 0.293 e. The van der Waals surface area contributed by atoms with E-state index in [4.69, 9.17) is 21.1 Å². The van der Waals surface area contributed by atoms with Gasteiger partial charge in [0.1, 0.15) is 11.9 Å². The fourth-order valence-corrected chi connectivity index (χ4v) is 5.42. The minimum atomic E-state index is -0.975. The molecule has 0 saturated carbocycles. The number of ether oxygens (including phenoxy) is 2. The molecule has 0 N–H and O–H groups in total. The van der Waals surface area contributed by atoms with Crippen molar-refractivity contribution in [2.75, 3.05) is 0 Å². The lowest BCUT2D eigenvalue weighted by molar-refractivity contribution is -0.153. The molecule has 7 heteroatoms. The van der Waals surface area contributed by atoms with E-state index < -0.39 is 17.7 Å². The summed E-state index contributed by atoms with van der Waals surface area (Å²) in [5.74, 6) is 0.367. The van der Waals surface area contributed by atoms with Crippen molar-refractivity contribution in [2.24, 2.45) is 5.41 Å². The van der Waals surface area contributed by atoms with E-state index in [9.17, 15) is 9.59 Å². The second kappa shape index (κ2) is 17.7. The van der Waals surface area contributed by atoms with Gasteiger partial charge < -0.3 is 9.47 Å². The van der Waals surface area contributed by atoms with Crippen LogP contribution in [0.1, 0.15) is 104 Å². The molecule has 2 aromatic carbocycles. The van der Waals surface area contributed by atoms with Crippen LogP contribution in [-0.2, 0) is 14.3 Å². The van der Waals surface area contributed by atoms with Crippen LogP contribution >= 0.6 is 11.6 Å². The van der Waals surface area contributed by atoms with Crippen molar-refractivity contribution in [3.63, 3.8) is 0 Å². The van der Waals surface area contributed by atoms with Crippen LogP contribution in [0, 0.1) is 5.41 Å². The monoisotopic (exact) mass is 594 g/mol. The second-order valence-electron chi connectivity index (χ2n) is 11.6. The molecule has 6 nitrogen and oxygen atoms in total. The Labute approximate surface area is 256 Å². The minimum absolute atomic E-state index is 0.183. The molecule has 1 heterocycles. The SMILES string of the molecule is CCCCCCCCCCCCCC(OC=O)C(C)(C)C(=O)C(Oc1ccc(-c2ccc(Cl)cc2)cc1)n1ccnc1. The molecule has 0 fully saturated rings. The Morgan fingerprint density at radius 2 is 1.43 bits per heavy atom. The molecule has 0 radical (unpaired) electrons. The van der Waals surface area contributed by atoms with E-state index in [1.807, 2.05) is 62.4 Å². The largest absolute Gasteiger partial charge is 0.464 e. The van der Waals surface area contributed by atoms with Crippen LogP contribution in [0.2, 0.25) is 5.02 Å². The van der Waals surface area contributed by atoms with Crippen LogP contribution in [0.25, 0.3) is 11.1 Å². The van der Waals surface area contributed by atoms with Crippen molar-refractivity contribution in [3.05, 3.63) is 72.3 Å². The van der Waals surface area contributed by atoms with E-state index in [-0.39, 0.29) is 5.78 Å². The lowest BCUT2D eigenvalue weighted by atomic mass is 9.78. The molecule has 0 spiro atoms. The number of carbonyl (C=O) groups excluding carboxylic acids is 2. The number of hydrogen-bond acceptors (Lipinski definition) is 5. The van der Waals surface area contributed by atoms with Crippen molar-refractivity contribution in [1.82, 2.24) is 9.55 Å². The zero-order valence-corrected chi connectivity index (χ0v) is 26.2. The predicted molar refractivity (Wildman–Crippen MR) is 170 cm³/mol. The Morgan fingerprint density at radius 3 is 1.95 bits per heavy atom. The Balaban J connectivity index is 1.59. The summed E-state index contributed by atoms with van der Waals surface area (Å²) >= 11 is 6.03. The van der Waals surface area contributed by atoms with Gasteiger partial charge >= 0.3 is 0 Å². The van der Waals surface area contributed by atoms with Gasteiger partial charge in [-0.2, -0.15) is 0 Å². The molecule has 0 amide bonds. The number of rotatable bonds is 21. The summed E-state index contributed by atoms with van der Waals surface area (Å²) in [7, 11) is 0. The number of nitrogens with zero attached hydrogens (tertiary/aromatic N) is 2. The topological polar surface area (TPSA) is 70.4 Å². The third-order valence-corrected chi connectivity index (χ3v) is 8.28. The zero-order valence-electron chi connectivity index (χ0n) is 25.5. The number of carbonyl (C=O) groups is 2. The van der Waals surface area contributed by atoms with Crippen LogP contribution in [0.3, 0.4) is 0 Å². The summed E-state index contributed by atoms with van der Waals surface area (Å²) in [4.78, 5) is 29.6. The van der Waals surface area contributed by atoms with E-state index in [1.54, 1.807) is 23.3 Å². The highest BCUT2D eigenvalue weighted by Crippen LogP contribution is 2.34. The van der Waals surface area contributed by atoms with Crippen LogP contribution < -0.4 is 4.74 Å². The first kappa shape index (κ1) is 33.4. The van der Waals surface area contributed by atoms with Gasteiger partial charge in [0, 0.05) is 17.4 Å². The van der Waals surface area contributed by atoms with Gasteiger partial charge in [0.15, 0.2) is 0 Å². The number of Topliss-reactive ketones (excluding diaryl/α,β-unsaturated/α-hetero) is 1. The smallest absolute Gasteiger partial charge is 0.293 e. The highest BCUT2D eigenvalue weighted by atomic mass is 35.5. The molecule has 0 aliphatic heterocycles. The van der Waals surface area contributed by atoms with Crippen molar-refractivity contribution in [3.8, 4) is 16.9 Å². The first-order chi connectivity index (χ1) is 20.4. The summed E-state index contributed by atoms with van der Waals surface area (Å²) < 4.78 is 13.4. The summed E-state index contributed by atoms with van der Waals surface area (Å²) in [6.45, 7) is 6.37. The van der Waals surface area contributed by atoms with E-state index in [1.165, 1.54) is 51.4 Å². The van der Waals surface area contributed by atoms with Gasteiger partial charge in [-0.1, -0.05) is 107 Å². The normalized spacial score (nSPS) is 13.0. The van der Waals surface area contributed by atoms with Crippen LogP contribution in [-0.4, -0.2) is 27.9 Å². The Hall–Kier alpha value is -3.12. The summed E-state index contributed by atoms with van der Waals surface area (Å²) in [5, 5.41) is 0.684. The lowest BCUT2D eigenvalue weighted by Gasteiger charge is -2.34. The lowest BCUT2D eigenvalue weighted by Crippen LogP contribution is -2.44. The summed E-state index contributed by atoms with van der Waals surface area (Å²) in [6, 6.07) is 15.2. The number of imidazole rings is 1. The maximum atomic E-state index is 14.0. The predicted octanol–water partition coefficient (Wildman–Crippen LogP) is 9.62. The van der Waals surface area contributed by atoms with Gasteiger partial charge in [-0.15, -0.1) is 0 Å². The minimum Gasteiger partial charge on any atom is -0.464 e. The van der Waals surface area contributed by atoms with E-state index in [0.717, 1.165) is 30.4 Å². The van der Waals surface area contributed by atoms with E-state index in [0.29, 0.717) is 23.7 Å². The third-order valence-electron chi connectivity index (χ3n) is 8.03. The molecule has 42 heavy (non-hydrogen) atoms. The Bertz CT molecular complexity index is 1180. The van der Waals surface area contributed by atoms with Gasteiger partial charge in [0.25, 0.3) is 6.47 Å². The van der Waals surface area contributed by atoms with Crippen molar-refractivity contribution in [1.29, 1.82) is 0 Å². The standard InChI is InChI=1S/C35H47ClN2O4/c1-4-5-6-7-8-9-10-11-12-13-14-15-32(41-27-39)35(2,3)33(40)34(38-25-24-37-26-38)42-31-22-18-29(19-23-31)28-16-20-30(36)21-17-28/h16-27,32,34H,4-15H2,1-3H3. The average Bonchev–Trinajstić information content (AvgIpc) is 3.53. The van der Waals surface area contributed by atoms with Gasteiger partial charge in [-0.25, -0.2) is 4.98 Å². The highest BCUT2D eigenvalue weighted by molar-refractivity contribution is 6.30. The zero-order chi connectivity index (χ0) is 30.2. The van der Waals surface area contributed by atoms with Gasteiger partial charge in [0.2, 0.25) is 12.0 Å². The van der Waals surface area contributed by atoms with Gasteiger partial charge in [-0.05, 0) is 62.1 Å². The van der Waals surface area contributed by atoms with Gasteiger partial charge in [0.05, 0.1) is 11.7 Å². The first-order valence-electron chi connectivity index (χ1n) is 15.5. The molecule has 2 atom stereocenters. The molecule has 2 unspecified atom stereocenters. The molecule has 228 valence electrons. The quantitative estimate of drug-likeness (QED) is 0.0906. The van der Waals surface area contributed by atoms with Crippen molar-refractivity contribution < 1.29 is 19.1 Å². The van der Waals surface area contributed by atoms with Crippen molar-refractivity contribution >= 4 is 23.9 Å². The molecular weight excluding hydrogens is 548 g/mol. The number of ketones is 1. The fourth-order valence-electron chi connectivity index (χ4n) is 5.29. The molecule has 3 rings (SSSR count). The van der Waals surface area contributed by atoms with Gasteiger partial charge in [-0.3, -0.25) is 14.2 Å². The molecule has 0 aliphatic rings. The third kappa shape index (κ3) is 10.3. The molecule has 3 aromatic rings. The van der Waals surface area contributed by atoms with E-state index in [2.05, 4.69) is 11.9 Å². The van der Waals surface area contributed by atoms with Crippen LogP contribution in [0.5, 0.6) is 5.75 Å². The number of benzene rings is 2. The number of halogens is 1. The number of aromatic nitrogens is 2. The molecule has 0 aliphatic carbocycles. The Morgan fingerprint density at radius 1 is 0.881 bits per heavy atom. The second-order valence-corrected chi connectivity index (χ2v) is 12.1. The molecule has 0 bridgehead atoms. The molecular formula is C35H47ClN2O4. The van der Waals surface area contributed by atoms with Crippen LogP contribution in [0.4, 0.5) is 0 Å². The van der Waals surface area contributed by atoms with Crippen LogP contribution in [0.15, 0.2) is 67.3 Å².